The van der Waals surface area contributed by atoms with Gasteiger partial charge in [-0.3, -0.25) is 9.59 Å². The zero-order valence-corrected chi connectivity index (χ0v) is 19.1. The molecule has 6 heteroatoms. The minimum Gasteiger partial charge on any atom is -0.508 e. The van der Waals surface area contributed by atoms with Crippen molar-refractivity contribution in [2.45, 2.75) is 38.1 Å². The third-order valence-corrected chi connectivity index (χ3v) is 5.86. The largest absolute Gasteiger partial charge is 0.508 e. The number of carboxylic acids is 1. The van der Waals surface area contributed by atoms with Crippen molar-refractivity contribution < 1.29 is 24.9 Å². The third-order valence-electron chi connectivity index (χ3n) is 5.86. The van der Waals surface area contributed by atoms with E-state index >= 15 is 0 Å². The maximum Gasteiger partial charge on any atom is 0.304 e. The number of aliphatic carboxylic acids is 1. The van der Waals surface area contributed by atoms with Gasteiger partial charge in [-0.1, -0.05) is 66.7 Å². The van der Waals surface area contributed by atoms with Crippen LogP contribution in [0.25, 0.3) is 11.1 Å². The number of aliphatic hydroxyl groups excluding tert-OH is 1. The Kier molecular flexibility index (Phi) is 9.23. The molecule has 0 bridgehead atoms. The number of aliphatic hydroxyl groups is 1. The molecule has 2 atom stereocenters. The van der Waals surface area contributed by atoms with Crippen molar-refractivity contribution in [2.75, 3.05) is 6.61 Å². The minimum absolute atomic E-state index is 0.143. The standard InChI is InChI=1S/C28H31NO5/c30-19-25(17-21-11-15-26(31)16-12-21)29-28(34)24(18-27(32)33)8-4-5-20-9-13-23(14-10-20)22-6-2-1-3-7-22/h1-3,6-7,9-16,24-25,30-31H,4-5,8,17-19H2,(H,29,34)(H,32,33)/t24-,25+/m1/s1. The van der Waals surface area contributed by atoms with Gasteiger partial charge in [0.15, 0.2) is 0 Å². The van der Waals surface area contributed by atoms with Crippen molar-refractivity contribution in [2.24, 2.45) is 5.92 Å². The Hall–Kier alpha value is -3.64. The fourth-order valence-corrected chi connectivity index (χ4v) is 3.98. The Morgan fingerprint density at radius 3 is 2.06 bits per heavy atom. The number of benzene rings is 3. The van der Waals surface area contributed by atoms with Gasteiger partial charge in [0.05, 0.1) is 19.1 Å². The van der Waals surface area contributed by atoms with Gasteiger partial charge in [0.1, 0.15) is 5.75 Å². The molecule has 0 aliphatic heterocycles. The molecule has 178 valence electrons. The first-order valence-corrected chi connectivity index (χ1v) is 11.5. The van der Waals surface area contributed by atoms with Crippen LogP contribution in [0.2, 0.25) is 0 Å². The first-order chi connectivity index (χ1) is 16.4. The van der Waals surface area contributed by atoms with Crippen LogP contribution in [0.1, 0.15) is 30.4 Å². The fraction of sp³-hybridized carbons (Fsp3) is 0.286. The van der Waals surface area contributed by atoms with Gasteiger partial charge < -0.3 is 20.6 Å². The van der Waals surface area contributed by atoms with Crippen LogP contribution >= 0.6 is 0 Å². The van der Waals surface area contributed by atoms with Crippen LogP contribution < -0.4 is 5.32 Å². The van der Waals surface area contributed by atoms with Crippen LogP contribution in [-0.2, 0) is 22.4 Å². The molecule has 3 aromatic rings. The Labute approximate surface area is 199 Å². The quantitative estimate of drug-likeness (QED) is 0.324. The first-order valence-electron chi connectivity index (χ1n) is 11.5. The maximum atomic E-state index is 12.8. The number of aryl methyl sites for hydroxylation is 1. The number of carbonyl (C=O) groups is 2. The highest BCUT2D eigenvalue weighted by Crippen LogP contribution is 2.21. The second kappa shape index (κ2) is 12.6. The van der Waals surface area contributed by atoms with E-state index in [0.29, 0.717) is 19.3 Å². The van der Waals surface area contributed by atoms with E-state index < -0.39 is 17.9 Å². The molecular formula is C28H31NO5. The molecular weight excluding hydrogens is 430 g/mol. The van der Waals surface area contributed by atoms with Gasteiger partial charge in [-0.05, 0) is 60.1 Å². The zero-order chi connectivity index (χ0) is 24.3. The molecule has 0 radical (unpaired) electrons. The SMILES string of the molecule is O=C(O)C[C@@H](CCCc1ccc(-c2ccccc2)cc1)C(=O)N[C@H](CO)Cc1ccc(O)cc1. The molecule has 0 saturated heterocycles. The number of phenols is 1. The van der Waals surface area contributed by atoms with E-state index in [-0.39, 0.29) is 24.7 Å². The molecule has 0 aromatic heterocycles. The van der Waals surface area contributed by atoms with Gasteiger partial charge in [-0.2, -0.15) is 0 Å². The maximum absolute atomic E-state index is 12.8. The normalized spacial score (nSPS) is 12.6. The minimum atomic E-state index is -1.02. The van der Waals surface area contributed by atoms with Gasteiger partial charge in [0.25, 0.3) is 0 Å². The van der Waals surface area contributed by atoms with Crippen LogP contribution in [0, 0.1) is 5.92 Å². The Morgan fingerprint density at radius 1 is 0.824 bits per heavy atom. The highest BCUT2D eigenvalue weighted by molar-refractivity contribution is 5.83. The van der Waals surface area contributed by atoms with E-state index in [4.69, 9.17) is 0 Å². The average molecular weight is 462 g/mol. The lowest BCUT2D eigenvalue weighted by atomic mass is 9.94. The molecule has 3 rings (SSSR count). The molecule has 0 spiro atoms. The van der Waals surface area contributed by atoms with Gasteiger partial charge in [0.2, 0.25) is 5.91 Å². The topological polar surface area (TPSA) is 107 Å². The second-order valence-corrected chi connectivity index (χ2v) is 8.51. The molecule has 0 fully saturated rings. The summed E-state index contributed by atoms with van der Waals surface area (Å²) in [5, 5.41) is 31.2. The Morgan fingerprint density at radius 2 is 1.44 bits per heavy atom. The number of nitrogens with one attached hydrogen (secondary N) is 1. The number of aromatic hydroxyl groups is 1. The third kappa shape index (κ3) is 7.74. The summed E-state index contributed by atoms with van der Waals surface area (Å²) in [6.45, 7) is -0.264. The van der Waals surface area contributed by atoms with E-state index in [1.54, 1.807) is 24.3 Å². The van der Waals surface area contributed by atoms with Gasteiger partial charge >= 0.3 is 5.97 Å². The first kappa shape index (κ1) is 25.0. The van der Waals surface area contributed by atoms with E-state index in [2.05, 4.69) is 41.7 Å². The molecule has 0 heterocycles. The number of carboxylic acid groups (broad SMARTS) is 1. The number of amides is 1. The van der Waals surface area contributed by atoms with Crippen LogP contribution in [0.15, 0.2) is 78.9 Å². The average Bonchev–Trinajstić information content (AvgIpc) is 2.85. The molecule has 34 heavy (non-hydrogen) atoms. The Balaban J connectivity index is 1.54. The second-order valence-electron chi connectivity index (χ2n) is 8.51. The lowest BCUT2D eigenvalue weighted by Crippen LogP contribution is -2.42. The van der Waals surface area contributed by atoms with Crippen molar-refractivity contribution in [1.29, 1.82) is 0 Å². The predicted molar refractivity (Wildman–Crippen MR) is 131 cm³/mol. The summed E-state index contributed by atoms with van der Waals surface area (Å²) < 4.78 is 0. The number of carbonyl (C=O) groups excluding carboxylic acids is 1. The van der Waals surface area contributed by atoms with Crippen molar-refractivity contribution >= 4 is 11.9 Å². The number of rotatable bonds is 12. The van der Waals surface area contributed by atoms with E-state index in [1.165, 1.54) is 0 Å². The lowest BCUT2D eigenvalue weighted by molar-refractivity contribution is -0.141. The van der Waals surface area contributed by atoms with E-state index in [1.807, 2.05) is 18.2 Å². The molecule has 0 unspecified atom stereocenters. The van der Waals surface area contributed by atoms with Gasteiger partial charge in [-0.25, -0.2) is 0 Å². The van der Waals surface area contributed by atoms with Crippen LogP contribution in [0.5, 0.6) is 5.75 Å². The molecule has 0 saturated carbocycles. The van der Waals surface area contributed by atoms with Crippen LogP contribution in [-0.4, -0.2) is 39.8 Å². The number of phenolic OH excluding ortho intramolecular Hbond substituents is 1. The van der Waals surface area contributed by atoms with Gasteiger partial charge in [-0.15, -0.1) is 0 Å². The molecule has 3 aromatic carbocycles. The summed E-state index contributed by atoms with van der Waals surface area (Å²) in [7, 11) is 0. The Bertz CT molecular complexity index is 1050. The van der Waals surface area contributed by atoms with E-state index in [9.17, 15) is 24.9 Å². The molecule has 0 aliphatic carbocycles. The van der Waals surface area contributed by atoms with Crippen molar-refractivity contribution in [3.05, 3.63) is 90.0 Å². The number of hydrogen-bond donors (Lipinski definition) is 4. The summed E-state index contributed by atoms with van der Waals surface area (Å²) in [6, 6.07) is 24.4. The summed E-state index contributed by atoms with van der Waals surface area (Å²) in [6.07, 6.45) is 2.00. The van der Waals surface area contributed by atoms with E-state index in [0.717, 1.165) is 28.7 Å². The predicted octanol–water partition coefficient (Wildman–Crippen LogP) is 4.19. The molecule has 6 nitrogen and oxygen atoms in total. The number of hydrogen-bond acceptors (Lipinski definition) is 4. The highest BCUT2D eigenvalue weighted by atomic mass is 16.4. The van der Waals surface area contributed by atoms with Crippen molar-refractivity contribution in [3.8, 4) is 16.9 Å². The zero-order valence-electron chi connectivity index (χ0n) is 19.1. The molecule has 0 aliphatic rings. The van der Waals surface area contributed by atoms with Crippen LogP contribution in [0.3, 0.4) is 0 Å². The molecule has 1 amide bonds. The fourth-order valence-electron chi connectivity index (χ4n) is 3.98. The van der Waals surface area contributed by atoms with Crippen molar-refractivity contribution in [3.63, 3.8) is 0 Å². The smallest absolute Gasteiger partial charge is 0.304 e. The lowest BCUT2D eigenvalue weighted by Gasteiger charge is -2.21. The highest BCUT2D eigenvalue weighted by Gasteiger charge is 2.24. The summed E-state index contributed by atoms with van der Waals surface area (Å²) in [5.41, 5.74) is 4.27. The summed E-state index contributed by atoms with van der Waals surface area (Å²) in [4.78, 5) is 24.2. The summed E-state index contributed by atoms with van der Waals surface area (Å²) >= 11 is 0. The molecule has 4 N–H and O–H groups in total. The summed E-state index contributed by atoms with van der Waals surface area (Å²) in [5.74, 6) is -1.91. The van der Waals surface area contributed by atoms with Crippen LogP contribution in [0.4, 0.5) is 0 Å². The van der Waals surface area contributed by atoms with Gasteiger partial charge in [0, 0.05) is 5.92 Å². The monoisotopic (exact) mass is 461 g/mol. The van der Waals surface area contributed by atoms with Crippen molar-refractivity contribution in [1.82, 2.24) is 5.32 Å².